The number of amides is 1. The number of hydrogen-bond acceptors (Lipinski definition) is 5. The van der Waals surface area contributed by atoms with Crippen molar-refractivity contribution >= 4 is 49.2 Å². The zero-order valence-corrected chi connectivity index (χ0v) is 16.2. The van der Waals surface area contributed by atoms with Crippen LogP contribution < -0.4 is 10.2 Å². The second-order valence-electron chi connectivity index (χ2n) is 4.90. The molecule has 0 unspecified atom stereocenters. The van der Waals surface area contributed by atoms with Crippen molar-refractivity contribution in [2.24, 2.45) is 5.10 Å². The van der Waals surface area contributed by atoms with E-state index < -0.39 is 10.8 Å². The van der Waals surface area contributed by atoms with Crippen molar-refractivity contribution in [3.8, 4) is 5.75 Å². The maximum Gasteiger partial charge on any atom is 0.277 e. The monoisotopic (exact) mass is 469 g/mol. The van der Waals surface area contributed by atoms with Gasteiger partial charge in [-0.25, -0.2) is 5.43 Å². The van der Waals surface area contributed by atoms with Crippen LogP contribution in [0.4, 0.5) is 5.69 Å². The van der Waals surface area contributed by atoms with Crippen LogP contribution >= 0.6 is 31.9 Å². The number of halogens is 2. The van der Waals surface area contributed by atoms with Gasteiger partial charge in [-0.2, -0.15) is 5.10 Å². The van der Waals surface area contributed by atoms with E-state index in [4.69, 9.17) is 4.74 Å². The molecule has 0 heterocycles. The molecule has 0 aliphatic heterocycles. The largest absolute Gasteiger partial charge is 0.483 e. The maximum atomic E-state index is 11.8. The van der Waals surface area contributed by atoms with Gasteiger partial charge in [0.25, 0.3) is 11.6 Å². The highest BCUT2D eigenvalue weighted by Gasteiger charge is 2.09. The predicted molar refractivity (Wildman–Crippen MR) is 101 cm³/mol. The number of ether oxygens (including phenoxy) is 1. The topological polar surface area (TPSA) is 93.8 Å². The fourth-order valence-electron chi connectivity index (χ4n) is 1.82. The van der Waals surface area contributed by atoms with E-state index in [-0.39, 0.29) is 12.3 Å². The molecule has 1 amide bonds. The Kier molecular flexibility index (Phi) is 6.65. The average Bonchev–Trinajstić information content (AvgIpc) is 2.59. The van der Waals surface area contributed by atoms with Gasteiger partial charge in [0, 0.05) is 22.2 Å². The third-order valence-corrected chi connectivity index (χ3v) is 4.19. The van der Waals surface area contributed by atoms with E-state index in [9.17, 15) is 14.9 Å². The molecule has 0 spiro atoms. The van der Waals surface area contributed by atoms with E-state index in [1.165, 1.54) is 12.1 Å². The number of hydrazone groups is 1. The van der Waals surface area contributed by atoms with Gasteiger partial charge in [0.05, 0.1) is 15.1 Å². The number of benzene rings is 2. The van der Waals surface area contributed by atoms with Gasteiger partial charge in [0.15, 0.2) is 6.61 Å². The Labute approximate surface area is 160 Å². The summed E-state index contributed by atoms with van der Waals surface area (Å²) in [6.07, 6.45) is 0. The zero-order chi connectivity index (χ0) is 18.4. The van der Waals surface area contributed by atoms with E-state index in [2.05, 4.69) is 42.4 Å². The summed E-state index contributed by atoms with van der Waals surface area (Å²) in [4.78, 5) is 22.1. The highest BCUT2D eigenvalue weighted by Crippen LogP contribution is 2.28. The van der Waals surface area contributed by atoms with Crippen molar-refractivity contribution < 1.29 is 14.5 Å². The van der Waals surface area contributed by atoms with E-state index in [0.29, 0.717) is 21.5 Å². The molecule has 0 aromatic heterocycles. The summed E-state index contributed by atoms with van der Waals surface area (Å²) in [5, 5.41) is 14.7. The summed E-state index contributed by atoms with van der Waals surface area (Å²) >= 11 is 6.67. The number of carbonyl (C=O) groups is 1. The molecule has 0 saturated heterocycles. The number of nitrogens with zero attached hydrogens (tertiary/aromatic N) is 2. The second-order valence-corrected chi connectivity index (χ2v) is 6.67. The lowest BCUT2D eigenvalue weighted by atomic mass is 10.1. The zero-order valence-electron chi connectivity index (χ0n) is 13.0. The van der Waals surface area contributed by atoms with Crippen molar-refractivity contribution in [3.05, 3.63) is 67.1 Å². The van der Waals surface area contributed by atoms with Crippen molar-refractivity contribution in [2.45, 2.75) is 6.92 Å². The third-order valence-electron chi connectivity index (χ3n) is 3.08. The number of nitro groups is 1. The molecule has 0 radical (unpaired) electrons. The summed E-state index contributed by atoms with van der Waals surface area (Å²) in [5.41, 5.74) is 3.31. The summed E-state index contributed by atoms with van der Waals surface area (Å²) < 4.78 is 7.00. The molecular formula is C16H13Br2N3O4. The van der Waals surface area contributed by atoms with Gasteiger partial charge < -0.3 is 4.74 Å². The van der Waals surface area contributed by atoms with Crippen molar-refractivity contribution in [1.82, 2.24) is 5.43 Å². The minimum atomic E-state index is -0.487. The van der Waals surface area contributed by atoms with E-state index in [1.54, 1.807) is 37.3 Å². The molecular weight excluding hydrogens is 458 g/mol. The van der Waals surface area contributed by atoms with E-state index in [0.717, 1.165) is 4.47 Å². The molecule has 0 saturated carbocycles. The molecule has 0 bridgehead atoms. The van der Waals surface area contributed by atoms with Crippen LogP contribution in [-0.4, -0.2) is 23.1 Å². The Hall–Kier alpha value is -2.26. The van der Waals surface area contributed by atoms with Gasteiger partial charge in [-0.1, -0.05) is 28.1 Å². The summed E-state index contributed by atoms with van der Waals surface area (Å²) in [6, 6.07) is 11.3. The smallest absolute Gasteiger partial charge is 0.277 e. The Morgan fingerprint density at radius 3 is 2.72 bits per heavy atom. The van der Waals surface area contributed by atoms with Crippen LogP contribution in [0.5, 0.6) is 5.75 Å². The Bertz CT molecular complexity index is 840. The average molecular weight is 471 g/mol. The first-order chi connectivity index (χ1) is 11.9. The molecule has 25 heavy (non-hydrogen) atoms. The van der Waals surface area contributed by atoms with Crippen molar-refractivity contribution in [1.29, 1.82) is 0 Å². The SMILES string of the molecule is C/C(=N\NC(=O)COc1ccc(Br)cc1Br)c1cccc([N+](=O)[O-])c1. The minimum Gasteiger partial charge on any atom is -0.483 e. The summed E-state index contributed by atoms with van der Waals surface area (Å²) in [6.45, 7) is 1.43. The first kappa shape index (κ1) is 19.1. The standard InChI is InChI=1S/C16H13Br2N3O4/c1-10(11-3-2-4-13(7-11)21(23)24)19-20-16(22)9-25-15-6-5-12(17)8-14(15)18/h2-8H,9H2,1H3,(H,20,22)/b19-10+. The normalized spacial score (nSPS) is 11.1. The molecule has 0 aliphatic rings. The first-order valence-electron chi connectivity index (χ1n) is 7.02. The summed E-state index contributed by atoms with van der Waals surface area (Å²) in [5.74, 6) is 0.0809. The lowest BCUT2D eigenvalue weighted by Gasteiger charge is -2.08. The predicted octanol–water partition coefficient (Wildman–Crippen LogP) is 4.04. The molecule has 0 fully saturated rings. The number of hydrogen-bond donors (Lipinski definition) is 1. The molecule has 0 atom stereocenters. The lowest BCUT2D eigenvalue weighted by molar-refractivity contribution is -0.384. The number of non-ortho nitro benzene ring substituents is 1. The number of rotatable bonds is 6. The molecule has 9 heteroatoms. The van der Waals surface area contributed by atoms with Crippen LogP contribution in [0.3, 0.4) is 0 Å². The number of carbonyl (C=O) groups excluding carboxylic acids is 1. The quantitative estimate of drug-likeness (QED) is 0.391. The lowest BCUT2D eigenvalue weighted by Crippen LogP contribution is -2.25. The van der Waals surface area contributed by atoms with Gasteiger partial charge in [0.2, 0.25) is 0 Å². The highest BCUT2D eigenvalue weighted by molar-refractivity contribution is 9.11. The molecule has 2 aromatic carbocycles. The molecule has 130 valence electrons. The molecule has 2 rings (SSSR count). The van der Waals surface area contributed by atoms with Crippen molar-refractivity contribution in [2.75, 3.05) is 6.61 Å². The fourth-order valence-corrected chi connectivity index (χ4v) is 2.98. The van der Waals surface area contributed by atoms with Gasteiger partial charge in [0.1, 0.15) is 5.75 Å². The van der Waals surface area contributed by atoms with Gasteiger partial charge in [-0.3, -0.25) is 14.9 Å². The number of nitrogens with one attached hydrogen (secondary N) is 1. The van der Waals surface area contributed by atoms with Crippen LogP contribution in [0.2, 0.25) is 0 Å². The Balaban J connectivity index is 1.95. The van der Waals surface area contributed by atoms with Gasteiger partial charge >= 0.3 is 0 Å². The molecule has 0 aliphatic carbocycles. The van der Waals surface area contributed by atoms with Gasteiger partial charge in [-0.05, 0) is 41.1 Å². The molecule has 7 nitrogen and oxygen atoms in total. The van der Waals surface area contributed by atoms with Gasteiger partial charge in [-0.15, -0.1) is 0 Å². The Morgan fingerprint density at radius 1 is 1.28 bits per heavy atom. The maximum absolute atomic E-state index is 11.8. The van der Waals surface area contributed by atoms with Crippen LogP contribution in [-0.2, 0) is 4.79 Å². The second kappa shape index (κ2) is 8.72. The third kappa shape index (κ3) is 5.64. The van der Waals surface area contributed by atoms with Crippen molar-refractivity contribution in [3.63, 3.8) is 0 Å². The van der Waals surface area contributed by atoms with Crippen LogP contribution in [0.1, 0.15) is 12.5 Å². The molecule has 1 N–H and O–H groups in total. The van der Waals surface area contributed by atoms with Crippen LogP contribution in [0.25, 0.3) is 0 Å². The molecule has 2 aromatic rings. The highest BCUT2D eigenvalue weighted by atomic mass is 79.9. The van der Waals surface area contributed by atoms with Crippen LogP contribution in [0, 0.1) is 10.1 Å². The van der Waals surface area contributed by atoms with Crippen LogP contribution in [0.15, 0.2) is 56.5 Å². The Morgan fingerprint density at radius 2 is 2.04 bits per heavy atom. The fraction of sp³-hybridized carbons (Fsp3) is 0.125. The van der Waals surface area contributed by atoms with E-state index in [1.807, 2.05) is 0 Å². The number of nitro benzene ring substituents is 1. The summed E-state index contributed by atoms with van der Waals surface area (Å²) in [7, 11) is 0. The minimum absolute atomic E-state index is 0.0400. The van der Waals surface area contributed by atoms with E-state index >= 15 is 0 Å². The first-order valence-corrected chi connectivity index (χ1v) is 8.61.